The van der Waals surface area contributed by atoms with E-state index in [1.807, 2.05) is 0 Å². The Hall–Kier alpha value is -2.19. The highest BCUT2D eigenvalue weighted by Crippen LogP contribution is 2.18. The molecule has 0 saturated carbocycles. The van der Waals surface area contributed by atoms with Gasteiger partial charge in [-0.1, -0.05) is 6.07 Å². The van der Waals surface area contributed by atoms with Crippen LogP contribution in [0.5, 0.6) is 5.75 Å². The fraction of sp³-hybridized carbons (Fsp3) is 0.579. The molecule has 7 nitrogen and oxygen atoms in total. The molecule has 2 atom stereocenters. The molecule has 0 spiro atoms. The monoisotopic (exact) mass is 383 g/mol. The minimum atomic E-state index is -0.775. The van der Waals surface area contributed by atoms with Gasteiger partial charge in [0.15, 0.2) is 24.3 Å². The van der Waals surface area contributed by atoms with Crippen LogP contribution in [-0.4, -0.2) is 63.0 Å². The number of likely N-dealkylation sites (N-methyl/N-ethyl adjacent to an activating group) is 1. The van der Waals surface area contributed by atoms with Gasteiger partial charge in [-0.3, -0.25) is 4.79 Å². The van der Waals surface area contributed by atoms with Gasteiger partial charge in [0, 0.05) is 20.2 Å². The van der Waals surface area contributed by atoms with Crippen molar-refractivity contribution in [3.8, 4) is 5.75 Å². The molecule has 1 aliphatic heterocycles. The summed E-state index contributed by atoms with van der Waals surface area (Å²) in [5.41, 5.74) is 0.601. The van der Waals surface area contributed by atoms with E-state index < -0.39 is 30.4 Å². The van der Waals surface area contributed by atoms with Crippen LogP contribution in [0.1, 0.15) is 25.3 Å². The van der Waals surface area contributed by atoms with Gasteiger partial charge in [-0.05, 0) is 37.5 Å². The Morgan fingerprint density at radius 1 is 1.41 bits per heavy atom. The molecule has 1 fully saturated rings. The predicted molar refractivity (Wildman–Crippen MR) is 94.8 cm³/mol. The number of carbonyl (C=O) groups excluding carboxylic acids is 2. The van der Waals surface area contributed by atoms with E-state index in [-0.39, 0.29) is 18.4 Å². The van der Waals surface area contributed by atoms with Gasteiger partial charge in [0.25, 0.3) is 5.91 Å². The lowest BCUT2D eigenvalue weighted by Crippen LogP contribution is -2.34. The minimum absolute atomic E-state index is 0.0120. The van der Waals surface area contributed by atoms with Gasteiger partial charge in [-0.25, -0.2) is 9.18 Å². The van der Waals surface area contributed by atoms with Crippen molar-refractivity contribution in [1.29, 1.82) is 0 Å². The van der Waals surface area contributed by atoms with E-state index in [9.17, 15) is 14.0 Å². The second-order valence-electron chi connectivity index (χ2n) is 6.44. The van der Waals surface area contributed by atoms with E-state index in [0.29, 0.717) is 18.8 Å². The fourth-order valence-corrected chi connectivity index (χ4v) is 2.63. The average Bonchev–Trinajstić information content (AvgIpc) is 3.17. The van der Waals surface area contributed by atoms with E-state index in [1.54, 1.807) is 20.0 Å². The van der Waals surface area contributed by atoms with Crippen LogP contribution in [-0.2, 0) is 30.3 Å². The first-order chi connectivity index (χ1) is 12.9. The summed E-state index contributed by atoms with van der Waals surface area (Å²) < 4.78 is 34.4. The lowest BCUT2D eigenvalue weighted by molar-refractivity contribution is -0.162. The molecule has 1 heterocycles. The lowest BCUT2D eigenvalue weighted by Gasteiger charge is -2.19. The second-order valence-corrected chi connectivity index (χ2v) is 6.44. The van der Waals surface area contributed by atoms with Crippen molar-refractivity contribution in [3.63, 3.8) is 0 Å². The van der Waals surface area contributed by atoms with Gasteiger partial charge in [0.05, 0.1) is 19.8 Å². The third-order valence-electron chi connectivity index (χ3n) is 4.29. The summed E-state index contributed by atoms with van der Waals surface area (Å²) in [6.45, 7) is 2.40. The maximum atomic E-state index is 13.7. The van der Waals surface area contributed by atoms with Gasteiger partial charge in [0.2, 0.25) is 0 Å². The van der Waals surface area contributed by atoms with Crippen molar-refractivity contribution in [1.82, 2.24) is 4.90 Å². The Bertz CT molecular complexity index is 647. The maximum Gasteiger partial charge on any atom is 0.335 e. The topological polar surface area (TPSA) is 74.3 Å². The molecule has 2 unspecified atom stereocenters. The number of carbonyl (C=O) groups is 2. The predicted octanol–water partition coefficient (Wildman–Crippen LogP) is 1.92. The van der Waals surface area contributed by atoms with Crippen LogP contribution >= 0.6 is 0 Å². The molecule has 1 aliphatic rings. The summed E-state index contributed by atoms with van der Waals surface area (Å²) in [6.07, 6.45) is 1.14. The molecule has 2 rings (SSSR count). The zero-order chi connectivity index (χ0) is 19.8. The zero-order valence-electron chi connectivity index (χ0n) is 15.9. The number of methoxy groups -OCH3 is 1. The van der Waals surface area contributed by atoms with Gasteiger partial charge in [-0.2, -0.15) is 0 Å². The Morgan fingerprint density at radius 3 is 2.81 bits per heavy atom. The van der Waals surface area contributed by atoms with Crippen molar-refractivity contribution in [2.75, 3.05) is 34.0 Å². The van der Waals surface area contributed by atoms with E-state index in [2.05, 4.69) is 0 Å². The van der Waals surface area contributed by atoms with Gasteiger partial charge >= 0.3 is 5.97 Å². The first kappa shape index (κ1) is 21.1. The SMILES string of the molecule is COc1ccc(CN(C)C(=O)COC(=O)C(C)OCC2CCCO2)cc1F. The van der Waals surface area contributed by atoms with E-state index in [1.165, 1.54) is 24.1 Å². The van der Waals surface area contributed by atoms with Gasteiger partial charge in [-0.15, -0.1) is 0 Å². The van der Waals surface area contributed by atoms with Crippen molar-refractivity contribution in [3.05, 3.63) is 29.6 Å². The third kappa shape index (κ3) is 6.48. The average molecular weight is 383 g/mol. The number of amides is 1. The number of esters is 1. The first-order valence-electron chi connectivity index (χ1n) is 8.87. The van der Waals surface area contributed by atoms with E-state index in [0.717, 1.165) is 12.8 Å². The molecular weight excluding hydrogens is 357 g/mol. The second kappa shape index (κ2) is 10.2. The molecular formula is C19H26FNO6. The normalized spacial score (nSPS) is 17.4. The highest BCUT2D eigenvalue weighted by atomic mass is 19.1. The van der Waals surface area contributed by atoms with E-state index >= 15 is 0 Å². The van der Waals surface area contributed by atoms with Crippen molar-refractivity contribution < 1.29 is 32.9 Å². The largest absolute Gasteiger partial charge is 0.494 e. The third-order valence-corrected chi connectivity index (χ3v) is 4.29. The number of hydrogen-bond donors (Lipinski definition) is 0. The Morgan fingerprint density at radius 2 is 2.19 bits per heavy atom. The molecule has 8 heteroatoms. The molecule has 0 radical (unpaired) electrons. The molecule has 0 aliphatic carbocycles. The Kier molecular flexibility index (Phi) is 7.99. The summed E-state index contributed by atoms with van der Waals surface area (Å²) in [4.78, 5) is 25.4. The van der Waals surface area contributed by atoms with Crippen LogP contribution in [0.15, 0.2) is 18.2 Å². The number of hydrogen-bond acceptors (Lipinski definition) is 6. The van der Waals surface area contributed by atoms with Gasteiger partial charge in [0.1, 0.15) is 0 Å². The zero-order valence-corrected chi connectivity index (χ0v) is 15.9. The van der Waals surface area contributed by atoms with Crippen LogP contribution < -0.4 is 4.74 Å². The summed E-state index contributed by atoms with van der Waals surface area (Å²) in [6, 6.07) is 4.46. The molecule has 0 aromatic heterocycles. The first-order valence-corrected chi connectivity index (χ1v) is 8.87. The highest BCUT2D eigenvalue weighted by molar-refractivity contribution is 5.81. The number of halogens is 1. The minimum Gasteiger partial charge on any atom is -0.494 e. The van der Waals surface area contributed by atoms with Crippen LogP contribution in [0.3, 0.4) is 0 Å². The number of ether oxygens (including phenoxy) is 4. The number of benzene rings is 1. The molecule has 0 bridgehead atoms. The number of rotatable bonds is 9. The maximum absolute atomic E-state index is 13.7. The summed E-state index contributed by atoms with van der Waals surface area (Å²) in [5.74, 6) is -1.37. The highest BCUT2D eigenvalue weighted by Gasteiger charge is 2.22. The van der Waals surface area contributed by atoms with Crippen molar-refractivity contribution in [2.45, 2.75) is 38.5 Å². The molecule has 0 N–H and O–H groups in total. The smallest absolute Gasteiger partial charge is 0.335 e. The summed E-state index contributed by atoms with van der Waals surface area (Å²) >= 11 is 0. The number of nitrogens with zero attached hydrogens (tertiary/aromatic N) is 1. The molecule has 1 aromatic carbocycles. The summed E-state index contributed by atoms with van der Waals surface area (Å²) in [5, 5.41) is 0. The van der Waals surface area contributed by atoms with Crippen LogP contribution in [0, 0.1) is 5.82 Å². The van der Waals surface area contributed by atoms with Crippen LogP contribution in [0.2, 0.25) is 0 Å². The van der Waals surface area contributed by atoms with Crippen LogP contribution in [0.25, 0.3) is 0 Å². The van der Waals surface area contributed by atoms with E-state index in [4.69, 9.17) is 18.9 Å². The van der Waals surface area contributed by atoms with Crippen LogP contribution in [0.4, 0.5) is 4.39 Å². The molecule has 1 saturated heterocycles. The molecule has 150 valence electrons. The summed E-state index contributed by atoms with van der Waals surface area (Å²) in [7, 11) is 2.93. The molecule has 1 amide bonds. The Labute approximate surface area is 158 Å². The molecule has 1 aromatic rings. The van der Waals surface area contributed by atoms with Crippen molar-refractivity contribution >= 4 is 11.9 Å². The lowest BCUT2D eigenvalue weighted by atomic mass is 10.2. The van der Waals surface area contributed by atoms with Gasteiger partial charge < -0.3 is 23.8 Å². The standard InChI is InChI=1S/C19H26FNO6/c1-13(26-11-15-5-4-8-25-15)19(23)27-12-18(22)21(2)10-14-6-7-17(24-3)16(20)9-14/h6-7,9,13,15H,4-5,8,10-12H2,1-3H3. The Balaban J connectivity index is 1.73. The van der Waals surface area contributed by atoms with Crippen molar-refractivity contribution in [2.24, 2.45) is 0 Å². The quantitative estimate of drug-likeness (QED) is 0.607. The fourth-order valence-electron chi connectivity index (χ4n) is 2.63. The molecule has 27 heavy (non-hydrogen) atoms.